The van der Waals surface area contributed by atoms with E-state index in [0.717, 1.165) is 5.75 Å². The fourth-order valence-corrected chi connectivity index (χ4v) is 3.39. The summed E-state index contributed by atoms with van der Waals surface area (Å²) in [6.45, 7) is 0.664. The number of likely N-dealkylation sites (tertiary alicyclic amines) is 1. The minimum absolute atomic E-state index is 0.0496. The summed E-state index contributed by atoms with van der Waals surface area (Å²) in [6.07, 6.45) is 4.18. The molecule has 1 fully saturated rings. The first-order valence-corrected chi connectivity index (χ1v) is 10.3. The van der Waals surface area contributed by atoms with E-state index in [1.165, 1.54) is 4.90 Å². The Morgan fingerprint density at radius 2 is 2.04 bits per heavy atom. The summed E-state index contributed by atoms with van der Waals surface area (Å²) < 4.78 is 0. The number of hydrogen-bond donors (Lipinski definition) is 5. The zero-order valence-electron chi connectivity index (χ0n) is 15.6. The molecule has 1 aliphatic rings. The SMILES string of the molecule is CSCCC(N)C(=O)NC(CCCN=C(N)N)C(=O)N1CCCC1C(=O)O. The number of hydrogen-bond acceptors (Lipinski definition) is 6. The van der Waals surface area contributed by atoms with E-state index in [2.05, 4.69) is 10.3 Å². The Bertz CT molecular complexity index is 555. The van der Waals surface area contributed by atoms with Crippen molar-refractivity contribution in [3.63, 3.8) is 0 Å². The second-order valence-electron chi connectivity index (χ2n) is 6.43. The molecule has 0 bridgehead atoms. The summed E-state index contributed by atoms with van der Waals surface area (Å²) >= 11 is 1.58. The summed E-state index contributed by atoms with van der Waals surface area (Å²) in [6, 6.07) is -2.44. The predicted octanol–water partition coefficient (Wildman–Crippen LogP) is -1.32. The van der Waals surface area contributed by atoms with Crippen LogP contribution in [0.4, 0.5) is 0 Å². The first-order valence-electron chi connectivity index (χ1n) is 8.91. The highest BCUT2D eigenvalue weighted by molar-refractivity contribution is 7.98. The van der Waals surface area contributed by atoms with Gasteiger partial charge in [-0.3, -0.25) is 14.6 Å². The van der Waals surface area contributed by atoms with Crippen molar-refractivity contribution in [1.29, 1.82) is 0 Å². The van der Waals surface area contributed by atoms with Crippen LogP contribution in [0.15, 0.2) is 4.99 Å². The van der Waals surface area contributed by atoms with Crippen molar-refractivity contribution < 1.29 is 19.5 Å². The Hall–Kier alpha value is -2.01. The topological polar surface area (TPSA) is 177 Å². The van der Waals surface area contributed by atoms with Crippen LogP contribution < -0.4 is 22.5 Å². The lowest BCUT2D eigenvalue weighted by Crippen LogP contribution is -2.54. The molecule has 0 spiro atoms. The van der Waals surface area contributed by atoms with E-state index >= 15 is 0 Å². The lowest BCUT2D eigenvalue weighted by molar-refractivity contribution is -0.149. The molecule has 1 rings (SSSR count). The molecule has 154 valence electrons. The molecule has 27 heavy (non-hydrogen) atoms. The number of aliphatic imine (C=N–C) groups is 1. The van der Waals surface area contributed by atoms with Crippen LogP contribution in [0.1, 0.15) is 32.1 Å². The van der Waals surface area contributed by atoms with Gasteiger partial charge in [-0.25, -0.2) is 4.79 Å². The third-order valence-electron chi connectivity index (χ3n) is 4.35. The van der Waals surface area contributed by atoms with Gasteiger partial charge in [0.2, 0.25) is 11.8 Å². The van der Waals surface area contributed by atoms with Gasteiger partial charge in [-0.15, -0.1) is 0 Å². The molecule has 2 amide bonds. The number of nitrogens with zero attached hydrogens (tertiary/aromatic N) is 2. The number of carboxylic acids is 1. The molecule has 0 aromatic carbocycles. The second-order valence-corrected chi connectivity index (χ2v) is 7.41. The first-order chi connectivity index (χ1) is 12.8. The van der Waals surface area contributed by atoms with Gasteiger partial charge < -0.3 is 32.5 Å². The number of aliphatic carboxylic acids is 1. The predicted molar refractivity (Wildman–Crippen MR) is 105 cm³/mol. The van der Waals surface area contributed by atoms with Crippen LogP contribution in [0.25, 0.3) is 0 Å². The first kappa shape index (κ1) is 23.0. The van der Waals surface area contributed by atoms with Crippen LogP contribution >= 0.6 is 11.8 Å². The van der Waals surface area contributed by atoms with E-state index in [9.17, 15) is 19.5 Å². The quantitative estimate of drug-likeness (QED) is 0.160. The molecule has 0 saturated carbocycles. The smallest absolute Gasteiger partial charge is 0.326 e. The van der Waals surface area contributed by atoms with Crippen molar-refractivity contribution in [2.24, 2.45) is 22.2 Å². The maximum Gasteiger partial charge on any atom is 0.326 e. The second kappa shape index (κ2) is 11.7. The van der Waals surface area contributed by atoms with Crippen molar-refractivity contribution in [1.82, 2.24) is 10.2 Å². The van der Waals surface area contributed by atoms with Crippen molar-refractivity contribution in [3.8, 4) is 0 Å². The summed E-state index contributed by atoms with van der Waals surface area (Å²) in [5.74, 6) is -1.19. The van der Waals surface area contributed by atoms with E-state index in [0.29, 0.717) is 45.2 Å². The van der Waals surface area contributed by atoms with E-state index in [1.54, 1.807) is 11.8 Å². The Kier molecular flexibility index (Phi) is 9.94. The molecule has 0 aliphatic carbocycles. The van der Waals surface area contributed by atoms with E-state index in [1.807, 2.05) is 6.26 Å². The fraction of sp³-hybridized carbons (Fsp3) is 0.750. The Morgan fingerprint density at radius 3 is 2.63 bits per heavy atom. The average Bonchev–Trinajstić information content (AvgIpc) is 3.11. The van der Waals surface area contributed by atoms with Gasteiger partial charge in [0.15, 0.2) is 5.96 Å². The minimum atomic E-state index is -1.04. The molecule has 11 heteroatoms. The van der Waals surface area contributed by atoms with Crippen LogP contribution in [0.2, 0.25) is 0 Å². The highest BCUT2D eigenvalue weighted by Crippen LogP contribution is 2.19. The number of rotatable bonds is 11. The third-order valence-corrected chi connectivity index (χ3v) is 4.99. The third kappa shape index (κ3) is 7.63. The lowest BCUT2D eigenvalue weighted by Gasteiger charge is -2.28. The van der Waals surface area contributed by atoms with Gasteiger partial charge in [-0.2, -0.15) is 11.8 Å². The normalized spacial score (nSPS) is 18.6. The molecule has 1 saturated heterocycles. The highest BCUT2D eigenvalue weighted by Gasteiger charge is 2.37. The number of nitrogens with two attached hydrogens (primary N) is 3. The molecule has 1 aliphatic heterocycles. The van der Waals surface area contributed by atoms with Gasteiger partial charge in [0.05, 0.1) is 6.04 Å². The number of carbonyl (C=O) groups is 3. The van der Waals surface area contributed by atoms with E-state index in [-0.39, 0.29) is 5.96 Å². The molecule has 1 heterocycles. The average molecular weight is 403 g/mol. The summed E-state index contributed by atoms with van der Waals surface area (Å²) in [4.78, 5) is 41.8. The van der Waals surface area contributed by atoms with Crippen LogP contribution in [0, 0.1) is 0 Å². The van der Waals surface area contributed by atoms with Gasteiger partial charge in [-0.1, -0.05) is 0 Å². The molecular weight excluding hydrogens is 372 g/mol. The summed E-state index contributed by atoms with van der Waals surface area (Å²) in [5.41, 5.74) is 16.4. The number of carbonyl (C=O) groups excluding carboxylic acids is 2. The number of thioether (sulfide) groups is 1. The number of amides is 2. The summed E-state index contributed by atoms with van der Waals surface area (Å²) in [7, 11) is 0. The van der Waals surface area contributed by atoms with Gasteiger partial charge >= 0.3 is 5.97 Å². The monoisotopic (exact) mass is 402 g/mol. The van der Waals surface area contributed by atoms with E-state index in [4.69, 9.17) is 17.2 Å². The maximum atomic E-state index is 12.9. The van der Waals surface area contributed by atoms with Crippen LogP contribution in [-0.4, -0.2) is 77.0 Å². The molecule has 0 radical (unpaired) electrons. The minimum Gasteiger partial charge on any atom is -0.480 e. The molecule has 3 unspecified atom stereocenters. The van der Waals surface area contributed by atoms with Crippen molar-refractivity contribution >= 4 is 35.5 Å². The molecule has 10 nitrogen and oxygen atoms in total. The van der Waals surface area contributed by atoms with Gasteiger partial charge in [0.1, 0.15) is 12.1 Å². The van der Waals surface area contributed by atoms with Crippen LogP contribution in [0.3, 0.4) is 0 Å². The standard InChI is InChI=1S/C16H30N6O4S/c1-27-9-6-10(17)13(23)21-11(4-2-7-20-16(18)19)14(24)22-8-3-5-12(22)15(25)26/h10-12H,2-9,17H2,1H3,(H,21,23)(H,25,26)(H4,18,19,20). The fourth-order valence-electron chi connectivity index (χ4n) is 2.90. The molecular formula is C16H30N6O4S. The van der Waals surface area contributed by atoms with Crippen molar-refractivity contribution in [2.45, 2.75) is 50.2 Å². The largest absolute Gasteiger partial charge is 0.480 e. The zero-order valence-corrected chi connectivity index (χ0v) is 16.4. The van der Waals surface area contributed by atoms with Crippen molar-refractivity contribution in [3.05, 3.63) is 0 Å². The molecule has 3 atom stereocenters. The Morgan fingerprint density at radius 1 is 1.33 bits per heavy atom. The number of carboxylic acid groups (broad SMARTS) is 1. The van der Waals surface area contributed by atoms with Gasteiger partial charge in [-0.05, 0) is 44.1 Å². The molecule has 0 aromatic heterocycles. The highest BCUT2D eigenvalue weighted by atomic mass is 32.2. The molecule has 0 aromatic rings. The zero-order chi connectivity index (χ0) is 20.4. The Balaban J connectivity index is 2.79. The number of guanidine groups is 1. The van der Waals surface area contributed by atoms with Gasteiger partial charge in [0.25, 0.3) is 0 Å². The van der Waals surface area contributed by atoms with Gasteiger partial charge in [0, 0.05) is 13.1 Å². The van der Waals surface area contributed by atoms with Crippen LogP contribution in [-0.2, 0) is 14.4 Å². The maximum absolute atomic E-state index is 12.9. The number of nitrogens with one attached hydrogen (secondary N) is 1. The Labute approximate surface area is 163 Å². The summed E-state index contributed by atoms with van der Waals surface area (Å²) in [5, 5.41) is 12.0. The molecule has 8 N–H and O–H groups in total. The van der Waals surface area contributed by atoms with Crippen LogP contribution in [0.5, 0.6) is 0 Å². The van der Waals surface area contributed by atoms with Crippen molar-refractivity contribution in [2.75, 3.05) is 25.1 Å². The lowest BCUT2D eigenvalue weighted by atomic mass is 10.1. The van der Waals surface area contributed by atoms with E-state index < -0.39 is 35.9 Å².